The zero-order chi connectivity index (χ0) is 16.7. The molecular formula is C17H14Cl2N2O3. The number of carbonyl (C=O) groups excluding carboxylic acids is 1. The predicted octanol–water partition coefficient (Wildman–Crippen LogP) is 4.75. The van der Waals surface area contributed by atoms with Gasteiger partial charge in [-0.05, 0) is 43.2 Å². The molecule has 1 unspecified atom stereocenters. The third-order valence-corrected chi connectivity index (χ3v) is 4.54. The number of benzene rings is 2. The fraction of sp³-hybridized carbons (Fsp3) is 0.235. The van der Waals surface area contributed by atoms with Crippen LogP contribution in [0, 0.1) is 0 Å². The second-order valence-electron chi connectivity index (χ2n) is 5.78. The van der Waals surface area contributed by atoms with E-state index in [2.05, 4.69) is 10.6 Å². The number of urea groups is 1. The molecule has 2 amide bonds. The molecule has 0 radical (unpaired) electrons. The van der Waals surface area contributed by atoms with Gasteiger partial charge in [-0.1, -0.05) is 23.2 Å². The Labute approximate surface area is 148 Å². The molecule has 0 saturated heterocycles. The Morgan fingerprint density at radius 3 is 2.54 bits per heavy atom. The van der Waals surface area contributed by atoms with E-state index in [4.69, 9.17) is 32.7 Å². The minimum Gasteiger partial charge on any atom is -0.447 e. The van der Waals surface area contributed by atoms with E-state index in [1.165, 1.54) is 0 Å². The minimum absolute atomic E-state index is 0.211. The van der Waals surface area contributed by atoms with Crippen molar-refractivity contribution in [3.63, 3.8) is 0 Å². The highest BCUT2D eigenvalue weighted by molar-refractivity contribution is 6.42. The van der Waals surface area contributed by atoms with Gasteiger partial charge < -0.3 is 20.1 Å². The summed E-state index contributed by atoms with van der Waals surface area (Å²) in [4.78, 5) is 11.8. The lowest BCUT2D eigenvalue weighted by Gasteiger charge is -2.11. The second kappa shape index (κ2) is 6.07. The Morgan fingerprint density at radius 2 is 1.79 bits per heavy atom. The van der Waals surface area contributed by atoms with Crippen molar-refractivity contribution >= 4 is 34.9 Å². The summed E-state index contributed by atoms with van der Waals surface area (Å²) in [6, 6.07) is 10.6. The number of hydrogen-bond acceptors (Lipinski definition) is 3. The number of nitrogens with one attached hydrogen (secondary N) is 2. The van der Waals surface area contributed by atoms with E-state index in [9.17, 15) is 4.79 Å². The monoisotopic (exact) mass is 364 g/mol. The highest BCUT2D eigenvalue weighted by Gasteiger charge is 2.27. The van der Waals surface area contributed by atoms with E-state index in [0.717, 1.165) is 18.4 Å². The molecule has 5 nitrogen and oxygen atoms in total. The Bertz CT molecular complexity index is 808. The predicted molar refractivity (Wildman–Crippen MR) is 92.1 cm³/mol. The standard InChI is InChI=1S/C17H14Cl2N2O3/c18-12-5-1-9(7-13(12)19)16-23-14-6-4-11(8-15(14)24-16)21-17(22)20-10-2-3-10/h1,4-8,10,16H,2-3H2,(H2,20,21,22). The van der Waals surface area contributed by atoms with Crippen LogP contribution in [0.4, 0.5) is 10.5 Å². The summed E-state index contributed by atoms with van der Waals surface area (Å²) < 4.78 is 11.6. The van der Waals surface area contributed by atoms with Gasteiger partial charge >= 0.3 is 6.03 Å². The number of fused-ring (bicyclic) bond motifs is 1. The summed E-state index contributed by atoms with van der Waals surface area (Å²) in [5, 5.41) is 6.57. The first kappa shape index (κ1) is 15.4. The molecule has 0 bridgehead atoms. The van der Waals surface area contributed by atoms with Crippen LogP contribution in [-0.2, 0) is 0 Å². The number of halogens is 2. The van der Waals surface area contributed by atoms with Gasteiger partial charge in [0.05, 0.1) is 10.0 Å². The summed E-state index contributed by atoms with van der Waals surface area (Å²) >= 11 is 12.0. The maximum atomic E-state index is 11.8. The Morgan fingerprint density at radius 1 is 1.00 bits per heavy atom. The van der Waals surface area contributed by atoms with E-state index in [0.29, 0.717) is 33.3 Å². The summed E-state index contributed by atoms with van der Waals surface area (Å²) in [7, 11) is 0. The molecule has 1 heterocycles. The van der Waals surface area contributed by atoms with Crippen LogP contribution in [0.5, 0.6) is 11.5 Å². The molecule has 2 aliphatic rings. The molecule has 1 aliphatic carbocycles. The number of hydrogen-bond donors (Lipinski definition) is 2. The normalized spacial score (nSPS) is 18.3. The number of ether oxygens (including phenoxy) is 2. The Balaban J connectivity index is 1.47. The van der Waals surface area contributed by atoms with Crippen molar-refractivity contribution in [2.45, 2.75) is 25.2 Å². The quantitative estimate of drug-likeness (QED) is 0.826. The third kappa shape index (κ3) is 3.23. The summed E-state index contributed by atoms with van der Waals surface area (Å²) in [6.45, 7) is 0. The van der Waals surface area contributed by atoms with Gasteiger partial charge in [-0.15, -0.1) is 0 Å². The first-order chi connectivity index (χ1) is 11.6. The van der Waals surface area contributed by atoms with E-state index in [-0.39, 0.29) is 6.03 Å². The van der Waals surface area contributed by atoms with Gasteiger partial charge in [-0.2, -0.15) is 0 Å². The maximum Gasteiger partial charge on any atom is 0.319 e. The fourth-order valence-electron chi connectivity index (χ4n) is 2.41. The lowest BCUT2D eigenvalue weighted by molar-refractivity contribution is 0.0487. The van der Waals surface area contributed by atoms with Crippen LogP contribution in [0.3, 0.4) is 0 Å². The van der Waals surface area contributed by atoms with Crippen LogP contribution in [0.15, 0.2) is 36.4 Å². The van der Waals surface area contributed by atoms with Gasteiger partial charge in [0, 0.05) is 23.4 Å². The third-order valence-electron chi connectivity index (χ3n) is 3.80. The largest absolute Gasteiger partial charge is 0.447 e. The zero-order valence-electron chi connectivity index (χ0n) is 12.5. The van der Waals surface area contributed by atoms with Crippen LogP contribution in [0.25, 0.3) is 0 Å². The molecule has 1 fully saturated rings. The van der Waals surface area contributed by atoms with Crippen LogP contribution >= 0.6 is 23.2 Å². The topological polar surface area (TPSA) is 59.6 Å². The number of amides is 2. The van der Waals surface area contributed by atoms with Gasteiger partial charge in [0.2, 0.25) is 0 Å². The molecule has 0 aromatic heterocycles. The maximum absolute atomic E-state index is 11.8. The molecule has 0 spiro atoms. The molecule has 2 N–H and O–H groups in total. The average Bonchev–Trinajstić information content (AvgIpc) is 3.25. The Kier molecular flexibility index (Phi) is 3.90. The molecule has 4 rings (SSSR count). The molecule has 124 valence electrons. The van der Waals surface area contributed by atoms with Crippen LogP contribution in [0.1, 0.15) is 24.7 Å². The summed E-state index contributed by atoms with van der Waals surface area (Å²) in [5.74, 6) is 1.18. The number of anilines is 1. The smallest absolute Gasteiger partial charge is 0.319 e. The van der Waals surface area contributed by atoms with E-state index >= 15 is 0 Å². The van der Waals surface area contributed by atoms with E-state index < -0.39 is 6.29 Å². The molecule has 1 saturated carbocycles. The van der Waals surface area contributed by atoms with Crippen molar-refractivity contribution in [1.29, 1.82) is 0 Å². The molecule has 2 aromatic carbocycles. The lowest BCUT2D eigenvalue weighted by Crippen LogP contribution is -2.30. The van der Waals surface area contributed by atoms with Gasteiger partial charge in [-0.3, -0.25) is 0 Å². The number of carbonyl (C=O) groups is 1. The van der Waals surface area contributed by atoms with Gasteiger partial charge in [0.1, 0.15) is 0 Å². The molecular weight excluding hydrogens is 351 g/mol. The first-order valence-corrected chi connectivity index (χ1v) is 8.34. The van der Waals surface area contributed by atoms with Crippen molar-refractivity contribution in [1.82, 2.24) is 5.32 Å². The Hall–Kier alpha value is -2.11. The number of rotatable bonds is 3. The van der Waals surface area contributed by atoms with Crippen molar-refractivity contribution < 1.29 is 14.3 Å². The molecule has 7 heteroatoms. The molecule has 1 atom stereocenters. The van der Waals surface area contributed by atoms with Crippen LogP contribution in [-0.4, -0.2) is 12.1 Å². The summed E-state index contributed by atoms with van der Waals surface area (Å²) in [5.41, 5.74) is 1.41. The first-order valence-electron chi connectivity index (χ1n) is 7.58. The van der Waals surface area contributed by atoms with Crippen molar-refractivity contribution in [3.05, 3.63) is 52.0 Å². The van der Waals surface area contributed by atoms with Gasteiger partial charge in [-0.25, -0.2) is 4.79 Å². The van der Waals surface area contributed by atoms with E-state index in [1.54, 1.807) is 36.4 Å². The van der Waals surface area contributed by atoms with Crippen molar-refractivity contribution in [2.24, 2.45) is 0 Å². The molecule has 24 heavy (non-hydrogen) atoms. The molecule has 2 aromatic rings. The lowest BCUT2D eigenvalue weighted by atomic mass is 10.2. The van der Waals surface area contributed by atoms with E-state index in [1.807, 2.05) is 0 Å². The zero-order valence-corrected chi connectivity index (χ0v) is 14.0. The second-order valence-corrected chi connectivity index (χ2v) is 6.59. The average molecular weight is 365 g/mol. The van der Waals surface area contributed by atoms with Gasteiger partial charge in [0.25, 0.3) is 6.29 Å². The highest BCUT2D eigenvalue weighted by atomic mass is 35.5. The minimum atomic E-state index is -0.592. The summed E-state index contributed by atoms with van der Waals surface area (Å²) in [6.07, 6.45) is 1.49. The van der Waals surface area contributed by atoms with Crippen LogP contribution < -0.4 is 20.1 Å². The van der Waals surface area contributed by atoms with Crippen molar-refractivity contribution in [3.8, 4) is 11.5 Å². The van der Waals surface area contributed by atoms with Crippen LogP contribution in [0.2, 0.25) is 10.0 Å². The SMILES string of the molecule is O=C(Nc1ccc2c(c1)OC(c1ccc(Cl)c(Cl)c1)O2)NC1CC1. The highest BCUT2D eigenvalue weighted by Crippen LogP contribution is 2.42. The van der Waals surface area contributed by atoms with Gasteiger partial charge in [0.15, 0.2) is 11.5 Å². The molecule has 1 aliphatic heterocycles. The fourth-order valence-corrected chi connectivity index (χ4v) is 2.71. The van der Waals surface area contributed by atoms with Crippen molar-refractivity contribution in [2.75, 3.05) is 5.32 Å².